The molecule has 2 aromatic carbocycles. The second-order valence-corrected chi connectivity index (χ2v) is 5.17. The third kappa shape index (κ3) is 4.76. The maximum Gasteiger partial charge on any atom is 0.315 e. The summed E-state index contributed by atoms with van der Waals surface area (Å²) >= 11 is 11.7. The molecule has 2 N–H and O–H groups in total. The van der Waals surface area contributed by atoms with Crippen LogP contribution in [0.15, 0.2) is 48.5 Å². The van der Waals surface area contributed by atoms with Crippen molar-refractivity contribution >= 4 is 29.2 Å². The van der Waals surface area contributed by atoms with Crippen LogP contribution in [0.3, 0.4) is 0 Å². The predicted molar refractivity (Wildman–Crippen MR) is 82.0 cm³/mol. The monoisotopic (exact) mass is 308 g/mol. The molecular weight excluding hydrogens is 295 g/mol. The minimum atomic E-state index is -0.222. The molecule has 104 valence electrons. The number of benzene rings is 2. The van der Waals surface area contributed by atoms with Crippen LogP contribution in [0.2, 0.25) is 10.0 Å². The number of carbonyl (C=O) groups is 1. The minimum absolute atomic E-state index is 0.222. The van der Waals surface area contributed by atoms with Crippen molar-refractivity contribution in [3.63, 3.8) is 0 Å². The van der Waals surface area contributed by atoms with Gasteiger partial charge in [0.15, 0.2) is 0 Å². The van der Waals surface area contributed by atoms with Crippen molar-refractivity contribution in [2.24, 2.45) is 0 Å². The summed E-state index contributed by atoms with van der Waals surface area (Å²) < 4.78 is 0. The summed E-state index contributed by atoms with van der Waals surface area (Å²) in [6, 6.07) is 14.5. The summed E-state index contributed by atoms with van der Waals surface area (Å²) in [5.41, 5.74) is 1.95. The fourth-order valence-electron chi connectivity index (χ4n) is 1.68. The number of hydrogen-bond donors (Lipinski definition) is 2. The van der Waals surface area contributed by atoms with Crippen LogP contribution >= 0.6 is 23.2 Å². The highest BCUT2D eigenvalue weighted by Crippen LogP contribution is 2.10. The van der Waals surface area contributed by atoms with Crippen molar-refractivity contribution in [3.8, 4) is 0 Å². The van der Waals surface area contributed by atoms with Gasteiger partial charge >= 0.3 is 6.03 Å². The molecule has 2 aromatic rings. The van der Waals surface area contributed by atoms with Crippen LogP contribution in [-0.4, -0.2) is 6.03 Å². The van der Waals surface area contributed by atoms with E-state index in [1.807, 2.05) is 30.3 Å². The first kappa shape index (κ1) is 14.7. The maximum atomic E-state index is 11.7. The van der Waals surface area contributed by atoms with E-state index in [0.29, 0.717) is 23.1 Å². The quantitative estimate of drug-likeness (QED) is 0.881. The van der Waals surface area contributed by atoms with Crippen molar-refractivity contribution in [2.75, 3.05) is 0 Å². The van der Waals surface area contributed by atoms with Gasteiger partial charge in [-0.1, -0.05) is 47.5 Å². The first-order chi connectivity index (χ1) is 9.63. The van der Waals surface area contributed by atoms with E-state index in [2.05, 4.69) is 10.6 Å². The first-order valence-electron chi connectivity index (χ1n) is 6.14. The zero-order valence-corrected chi connectivity index (χ0v) is 12.2. The summed E-state index contributed by atoms with van der Waals surface area (Å²) in [7, 11) is 0. The van der Waals surface area contributed by atoms with Gasteiger partial charge in [0.2, 0.25) is 0 Å². The molecule has 3 nitrogen and oxygen atoms in total. The number of nitrogens with one attached hydrogen (secondary N) is 2. The Morgan fingerprint density at radius 3 is 2.15 bits per heavy atom. The molecule has 2 amide bonds. The highest BCUT2D eigenvalue weighted by atomic mass is 35.5. The molecule has 0 saturated carbocycles. The molecule has 0 radical (unpaired) electrons. The predicted octanol–water partition coefficient (Wildman–Crippen LogP) is 3.99. The highest BCUT2D eigenvalue weighted by Gasteiger charge is 2.01. The normalized spacial score (nSPS) is 10.1. The number of urea groups is 1. The molecule has 0 spiro atoms. The average molecular weight is 309 g/mol. The molecule has 0 aliphatic heterocycles. The summed E-state index contributed by atoms with van der Waals surface area (Å²) in [5, 5.41) is 6.89. The Bertz CT molecular complexity index is 585. The van der Waals surface area contributed by atoms with Crippen molar-refractivity contribution < 1.29 is 4.79 Å². The lowest BCUT2D eigenvalue weighted by Gasteiger charge is -2.08. The molecule has 0 unspecified atom stereocenters. The van der Waals surface area contributed by atoms with E-state index in [1.165, 1.54) is 0 Å². The summed E-state index contributed by atoms with van der Waals surface area (Å²) in [5.74, 6) is 0. The fraction of sp³-hybridized carbons (Fsp3) is 0.133. The van der Waals surface area contributed by atoms with E-state index in [4.69, 9.17) is 23.2 Å². The van der Waals surface area contributed by atoms with Gasteiger partial charge in [0, 0.05) is 23.1 Å². The van der Waals surface area contributed by atoms with Gasteiger partial charge in [-0.25, -0.2) is 4.79 Å². The van der Waals surface area contributed by atoms with Crippen LogP contribution in [0.25, 0.3) is 0 Å². The largest absolute Gasteiger partial charge is 0.334 e. The van der Waals surface area contributed by atoms with E-state index < -0.39 is 0 Å². The molecule has 0 heterocycles. The lowest BCUT2D eigenvalue weighted by molar-refractivity contribution is 0.240. The highest BCUT2D eigenvalue weighted by molar-refractivity contribution is 6.30. The standard InChI is InChI=1S/C15H14Cl2N2O/c16-13-6-4-11(5-7-13)9-18-15(20)19-10-12-2-1-3-14(17)8-12/h1-8H,9-10H2,(H2,18,19,20). The molecule has 0 saturated heterocycles. The van der Waals surface area contributed by atoms with Gasteiger partial charge in [-0.15, -0.1) is 0 Å². The van der Waals surface area contributed by atoms with Crippen molar-refractivity contribution in [1.82, 2.24) is 10.6 Å². The van der Waals surface area contributed by atoms with E-state index >= 15 is 0 Å². The molecule has 5 heteroatoms. The fourth-order valence-corrected chi connectivity index (χ4v) is 2.02. The number of carbonyl (C=O) groups excluding carboxylic acids is 1. The van der Waals surface area contributed by atoms with Crippen molar-refractivity contribution in [3.05, 3.63) is 69.7 Å². The third-order valence-corrected chi connectivity index (χ3v) is 3.20. The summed E-state index contributed by atoms with van der Waals surface area (Å²) in [4.78, 5) is 11.7. The Morgan fingerprint density at radius 2 is 1.50 bits per heavy atom. The van der Waals surface area contributed by atoms with Gasteiger partial charge in [-0.05, 0) is 35.4 Å². The Balaban J connectivity index is 1.77. The Hall–Kier alpha value is -1.71. The number of rotatable bonds is 4. The Kier molecular flexibility index (Phi) is 5.27. The van der Waals surface area contributed by atoms with E-state index in [0.717, 1.165) is 11.1 Å². The van der Waals surface area contributed by atoms with E-state index in [1.54, 1.807) is 18.2 Å². The van der Waals surface area contributed by atoms with E-state index in [-0.39, 0.29) is 6.03 Å². The van der Waals surface area contributed by atoms with Gasteiger partial charge in [-0.2, -0.15) is 0 Å². The van der Waals surface area contributed by atoms with Gasteiger partial charge in [0.05, 0.1) is 0 Å². The SMILES string of the molecule is O=C(NCc1ccc(Cl)cc1)NCc1cccc(Cl)c1. The summed E-state index contributed by atoms with van der Waals surface area (Å²) in [6.45, 7) is 0.894. The molecule has 0 bridgehead atoms. The zero-order chi connectivity index (χ0) is 14.4. The molecule has 0 aliphatic rings. The number of halogens is 2. The van der Waals surface area contributed by atoms with E-state index in [9.17, 15) is 4.79 Å². The minimum Gasteiger partial charge on any atom is -0.334 e. The number of hydrogen-bond acceptors (Lipinski definition) is 1. The third-order valence-electron chi connectivity index (χ3n) is 2.71. The molecule has 2 rings (SSSR count). The molecule has 20 heavy (non-hydrogen) atoms. The summed E-state index contributed by atoms with van der Waals surface area (Å²) in [6.07, 6.45) is 0. The molecular formula is C15H14Cl2N2O. The van der Waals surface area contributed by atoms with Crippen molar-refractivity contribution in [1.29, 1.82) is 0 Å². The van der Waals surface area contributed by atoms with Gasteiger partial charge in [0.25, 0.3) is 0 Å². The van der Waals surface area contributed by atoms with Crippen LogP contribution in [0.4, 0.5) is 4.79 Å². The zero-order valence-electron chi connectivity index (χ0n) is 10.7. The van der Waals surface area contributed by atoms with Gasteiger partial charge in [0.1, 0.15) is 0 Å². The van der Waals surface area contributed by atoms with Crippen molar-refractivity contribution in [2.45, 2.75) is 13.1 Å². The molecule has 0 aliphatic carbocycles. The van der Waals surface area contributed by atoms with Crippen LogP contribution in [0, 0.1) is 0 Å². The average Bonchev–Trinajstić information content (AvgIpc) is 2.45. The molecule has 0 fully saturated rings. The molecule has 0 aromatic heterocycles. The Labute approximate surface area is 127 Å². The topological polar surface area (TPSA) is 41.1 Å². The number of amides is 2. The van der Waals surface area contributed by atoms with Gasteiger partial charge < -0.3 is 10.6 Å². The second-order valence-electron chi connectivity index (χ2n) is 4.29. The molecule has 0 atom stereocenters. The lowest BCUT2D eigenvalue weighted by Crippen LogP contribution is -2.34. The second kappa shape index (κ2) is 7.17. The smallest absolute Gasteiger partial charge is 0.315 e. The van der Waals surface area contributed by atoms with Gasteiger partial charge in [-0.3, -0.25) is 0 Å². The maximum absolute atomic E-state index is 11.7. The van der Waals surface area contributed by atoms with Crippen LogP contribution in [-0.2, 0) is 13.1 Å². The first-order valence-corrected chi connectivity index (χ1v) is 6.89. The van der Waals surface area contributed by atoms with Crippen LogP contribution < -0.4 is 10.6 Å². The van der Waals surface area contributed by atoms with Crippen LogP contribution in [0.1, 0.15) is 11.1 Å². The lowest BCUT2D eigenvalue weighted by atomic mass is 10.2. The van der Waals surface area contributed by atoms with Crippen LogP contribution in [0.5, 0.6) is 0 Å². The Morgan fingerprint density at radius 1 is 0.850 bits per heavy atom.